The maximum absolute atomic E-state index is 12.3. The average molecular weight is 321 g/mol. The molecule has 4 heteroatoms. The molecule has 1 amide bonds. The van der Waals surface area contributed by atoms with E-state index in [9.17, 15) is 4.79 Å². The summed E-state index contributed by atoms with van der Waals surface area (Å²) in [5.41, 5.74) is 2.71. The van der Waals surface area contributed by atoms with Crippen LogP contribution in [0.25, 0.3) is 0 Å². The zero-order chi connectivity index (χ0) is 13.8. The molecule has 100 valence electrons. The molecule has 1 aromatic heterocycles. The molecule has 2 aromatic rings. The molecule has 0 radical (unpaired) electrons. The Bertz CT molecular complexity index is 590. The first kappa shape index (κ1) is 13.9. The molecule has 0 spiro atoms. The summed E-state index contributed by atoms with van der Waals surface area (Å²) < 4.78 is 2.84. The maximum atomic E-state index is 12.3. The van der Waals surface area contributed by atoms with Crippen LogP contribution >= 0.6 is 15.9 Å². The van der Waals surface area contributed by atoms with Crippen LogP contribution in [0.15, 0.2) is 41.0 Å². The monoisotopic (exact) mass is 320 g/mol. The van der Waals surface area contributed by atoms with Crippen molar-refractivity contribution in [2.45, 2.75) is 26.8 Å². The number of hydrogen-bond donors (Lipinski definition) is 1. The Balaban J connectivity index is 2.20. The number of rotatable bonds is 4. The molecular formula is C15H17BrN2O. The van der Waals surface area contributed by atoms with E-state index in [0.29, 0.717) is 5.69 Å². The zero-order valence-corrected chi connectivity index (χ0v) is 12.7. The summed E-state index contributed by atoms with van der Waals surface area (Å²) >= 11 is 3.40. The molecule has 19 heavy (non-hydrogen) atoms. The van der Waals surface area contributed by atoms with Crippen LogP contribution in [0.4, 0.5) is 5.69 Å². The highest BCUT2D eigenvalue weighted by atomic mass is 79.9. The highest BCUT2D eigenvalue weighted by Crippen LogP contribution is 2.17. The molecule has 0 saturated carbocycles. The fraction of sp³-hybridized carbons (Fsp3) is 0.267. The number of nitrogens with zero attached hydrogens (tertiary/aromatic N) is 1. The molecule has 0 fully saturated rings. The Hall–Kier alpha value is -1.55. The van der Waals surface area contributed by atoms with Gasteiger partial charge in [0.05, 0.1) is 0 Å². The molecule has 1 aromatic carbocycles. The van der Waals surface area contributed by atoms with Crippen LogP contribution in [0, 0.1) is 0 Å². The van der Waals surface area contributed by atoms with E-state index in [4.69, 9.17) is 0 Å². The largest absolute Gasteiger partial charge is 0.343 e. The Labute approximate surface area is 121 Å². The van der Waals surface area contributed by atoms with Gasteiger partial charge in [-0.05, 0) is 53.0 Å². The molecule has 0 unspecified atom stereocenters. The van der Waals surface area contributed by atoms with Crippen LogP contribution in [0.1, 0.15) is 29.9 Å². The van der Waals surface area contributed by atoms with E-state index in [1.165, 1.54) is 5.56 Å². The number of nitrogens with one attached hydrogen (secondary N) is 1. The van der Waals surface area contributed by atoms with Crippen LogP contribution in [-0.4, -0.2) is 10.5 Å². The van der Waals surface area contributed by atoms with Gasteiger partial charge in [0, 0.05) is 22.9 Å². The second kappa shape index (κ2) is 6.06. The second-order valence-corrected chi connectivity index (χ2v) is 5.25. The number of amides is 1. The van der Waals surface area contributed by atoms with Crippen molar-refractivity contribution < 1.29 is 4.79 Å². The molecule has 0 atom stereocenters. The molecular weight excluding hydrogens is 304 g/mol. The van der Waals surface area contributed by atoms with Crippen LogP contribution in [-0.2, 0) is 13.0 Å². The Morgan fingerprint density at radius 1 is 1.32 bits per heavy atom. The molecule has 0 saturated heterocycles. The van der Waals surface area contributed by atoms with Crippen molar-refractivity contribution in [2.24, 2.45) is 0 Å². The molecule has 1 N–H and O–H groups in total. The van der Waals surface area contributed by atoms with Gasteiger partial charge >= 0.3 is 0 Å². The van der Waals surface area contributed by atoms with Crippen molar-refractivity contribution in [3.8, 4) is 0 Å². The highest BCUT2D eigenvalue weighted by Gasteiger charge is 2.12. The minimum absolute atomic E-state index is 0.0826. The van der Waals surface area contributed by atoms with Crippen LogP contribution in [0.2, 0.25) is 0 Å². The minimum Gasteiger partial charge on any atom is -0.343 e. The van der Waals surface area contributed by atoms with Crippen LogP contribution in [0.3, 0.4) is 0 Å². The van der Waals surface area contributed by atoms with E-state index in [-0.39, 0.29) is 5.91 Å². The molecule has 2 rings (SSSR count). The van der Waals surface area contributed by atoms with Crippen molar-refractivity contribution in [3.05, 3.63) is 52.3 Å². The van der Waals surface area contributed by atoms with E-state index in [2.05, 4.69) is 34.2 Å². The van der Waals surface area contributed by atoms with Gasteiger partial charge < -0.3 is 9.88 Å². The van der Waals surface area contributed by atoms with Gasteiger partial charge in [-0.1, -0.05) is 19.1 Å². The fourth-order valence-corrected chi connectivity index (χ4v) is 2.45. The fourth-order valence-electron chi connectivity index (χ4n) is 1.99. The summed E-state index contributed by atoms with van der Waals surface area (Å²) in [6.45, 7) is 4.88. The van der Waals surface area contributed by atoms with Crippen LogP contribution < -0.4 is 5.32 Å². The number of carbonyl (C=O) groups is 1. The zero-order valence-electron chi connectivity index (χ0n) is 11.1. The lowest BCUT2D eigenvalue weighted by atomic mass is 10.1. The van der Waals surface area contributed by atoms with Crippen LogP contribution in [0.5, 0.6) is 0 Å². The highest BCUT2D eigenvalue weighted by molar-refractivity contribution is 9.10. The van der Waals surface area contributed by atoms with Crippen molar-refractivity contribution in [1.29, 1.82) is 0 Å². The first-order valence-electron chi connectivity index (χ1n) is 6.40. The standard InChI is InChI=1S/C15H17BrN2O/c1-3-11-6-5-7-13(8-11)17-15(19)14-9-12(16)10-18(14)4-2/h5-10H,3-4H2,1-2H3,(H,17,19). The lowest BCUT2D eigenvalue weighted by molar-refractivity contribution is 0.101. The molecule has 0 aliphatic rings. The normalized spacial score (nSPS) is 10.5. The number of carbonyl (C=O) groups excluding carboxylic acids is 1. The first-order chi connectivity index (χ1) is 9.13. The predicted octanol–water partition coefficient (Wildman–Crippen LogP) is 4.09. The number of anilines is 1. The third-order valence-corrected chi connectivity index (χ3v) is 3.46. The molecule has 0 aliphatic carbocycles. The van der Waals surface area contributed by atoms with Gasteiger partial charge in [-0.15, -0.1) is 0 Å². The van der Waals surface area contributed by atoms with E-state index >= 15 is 0 Å². The third-order valence-electron chi connectivity index (χ3n) is 3.03. The Morgan fingerprint density at radius 3 is 2.79 bits per heavy atom. The van der Waals surface area contributed by atoms with Gasteiger partial charge in [0.25, 0.3) is 5.91 Å². The number of aromatic nitrogens is 1. The number of hydrogen-bond acceptors (Lipinski definition) is 1. The van der Waals surface area contributed by atoms with Gasteiger partial charge in [0.2, 0.25) is 0 Å². The second-order valence-electron chi connectivity index (χ2n) is 4.34. The van der Waals surface area contributed by atoms with Gasteiger partial charge in [-0.2, -0.15) is 0 Å². The smallest absolute Gasteiger partial charge is 0.272 e. The summed E-state index contributed by atoms with van der Waals surface area (Å²) in [7, 11) is 0. The van der Waals surface area contributed by atoms with E-state index in [1.807, 2.05) is 42.0 Å². The number of aryl methyl sites for hydroxylation is 2. The van der Waals surface area contributed by atoms with Gasteiger partial charge in [-0.25, -0.2) is 0 Å². The van der Waals surface area contributed by atoms with Crippen molar-refractivity contribution in [2.75, 3.05) is 5.32 Å². The summed E-state index contributed by atoms with van der Waals surface area (Å²) in [6, 6.07) is 9.77. The summed E-state index contributed by atoms with van der Waals surface area (Å²) in [4.78, 5) is 12.3. The molecule has 3 nitrogen and oxygen atoms in total. The first-order valence-corrected chi connectivity index (χ1v) is 7.19. The van der Waals surface area contributed by atoms with E-state index in [1.54, 1.807) is 0 Å². The van der Waals surface area contributed by atoms with Crippen molar-refractivity contribution >= 4 is 27.5 Å². The SMILES string of the molecule is CCc1cccc(NC(=O)c2cc(Br)cn2CC)c1. The Kier molecular flexibility index (Phi) is 4.43. The topological polar surface area (TPSA) is 34.0 Å². The quantitative estimate of drug-likeness (QED) is 0.904. The summed E-state index contributed by atoms with van der Waals surface area (Å²) in [6.07, 6.45) is 2.87. The van der Waals surface area contributed by atoms with Gasteiger partial charge in [0.15, 0.2) is 0 Å². The summed E-state index contributed by atoms with van der Waals surface area (Å²) in [5.74, 6) is -0.0826. The molecule has 0 bridgehead atoms. The van der Waals surface area contributed by atoms with Crippen molar-refractivity contribution in [1.82, 2.24) is 4.57 Å². The van der Waals surface area contributed by atoms with E-state index < -0.39 is 0 Å². The van der Waals surface area contributed by atoms with Crippen molar-refractivity contribution in [3.63, 3.8) is 0 Å². The van der Waals surface area contributed by atoms with Gasteiger partial charge in [-0.3, -0.25) is 4.79 Å². The Morgan fingerprint density at radius 2 is 2.11 bits per heavy atom. The minimum atomic E-state index is -0.0826. The average Bonchev–Trinajstić information content (AvgIpc) is 2.80. The van der Waals surface area contributed by atoms with Gasteiger partial charge in [0.1, 0.15) is 5.69 Å². The van der Waals surface area contributed by atoms with E-state index in [0.717, 1.165) is 23.1 Å². The summed E-state index contributed by atoms with van der Waals surface area (Å²) in [5, 5.41) is 2.94. The number of halogens is 1. The third kappa shape index (κ3) is 3.26. The maximum Gasteiger partial charge on any atom is 0.272 e. The predicted molar refractivity (Wildman–Crippen MR) is 81.6 cm³/mol. The molecule has 1 heterocycles. The molecule has 0 aliphatic heterocycles. The number of benzene rings is 1. The lowest BCUT2D eigenvalue weighted by Crippen LogP contribution is -2.16. The lowest BCUT2D eigenvalue weighted by Gasteiger charge is -2.08.